The first-order valence-electron chi connectivity index (χ1n) is 8.04. The van der Waals surface area contributed by atoms with Crippen molar-refractivity contribution in [3.8, 4) is 0 Å². The zero-order chi connectivity index (χ0) is 18.5. The van der Waals surface area contributed by atoms with Gasteiger partial charge >= 0.3 is 5.97 Å². The topological polar surface area (TPSA) is 89.0 Å². The van der Waals surface area contributed by atoms with Crippen molar-refractivity contribution in [2.45, 2.75) is 13.8 Å². The second kappa shape index (κ2) is 7.60. The van der Waals surface area contributed by atoms with E-state index in [9.17, 15) is 4.79 Å². The fourth-order valence-corrected chi connectivity index (χ4v) is 2.40. The van der Waals surface area contributed by atoms with Crippen LogP contribution in [0, 0.1) is 13.8 Å². The number of carbonyl (C=O) groups is 1. The number of ether oxygens (including phenoxy) is 1. The summed E-state index contributed by atoms with van der Waals surface area (Å²) in [6, 6.07) is 13.1. The molecule has 0 spiro atoms. The van der Waals surface area contributed by atoms with Crippen molar-refractivity contribution in [3.63, 3.8) is 0 Å². The number of carbonyl (C=O) groups excluding carboxylic acids is 1. The largest absolute Gasteiger partial charge is 0.465 e. The fourth-order valence-electron chi connectivity index (χ4n) is 2.40. The van der Waals surface area contributed by atoms with E-state index < -0.39 is 5.97 Å². The molecule has 3 aromatic rings. The zero-order valence-electron chi connectivity index (χ0n) is 14.8. The highest BCUT2D eigenvalue weighted by molar-refractivity contribution is 5.90. The monoisotopic (exact) mass is 349 g/mol. The number of methoxy groups -OCH3 is 1. The van der Waals surface area contributed by atoms with Crippen LogP contribution in [-0.4, -0.2) is 28.3 Å². The van der Waals surface area contributed by atoms with Crippen LogP contribution in [0.3, 0.4) is 0 Å². The number of nitrogens with one attached hydrogen (secondary N) is 2. The standard InChI is InChI=1S/C19H19N5O2/c1-12-7-8-13(2)16(9-12)22-19-23-17(11-20-24-19)21-15-6-4-5-14(10-15)18(25)26-3/h4-11H,1-3H3,(H2,21,22,23,24). The number of rotatable bonds is 5. The Morgan fingerprint density at radius 2 is 1.92 bits per heavy atom. The van der Waals surface area contributed by atoms with Gasteiger partial charge in [0, 0.05) is 11.4 Å². The normalized spacial score (nSPS) is 10.3. The van der Waals surface area contributed by atoms with Crippen molar-refractivity contribution in [1.82, 2.24) is 15.2 Å². The van der Waals surface area contributed by atoms with E-state index in [0.717, 1.165) is 16.8 Å². The first-order valence-corrected chi connectivity index (χ1v) is 8.04. The Labute approximate surface area is 151 Å². The second-order valence-electron chi connectivity index (χ2n) is 5.81. The first kappa shape index (κ1) is 17.3. The van der Waals surface area contributed by atoms with E-state index in [1.165, 1.54) is 13.3 Å². The highest BCUT2D eigenvalue weighted by Gasteiger charge is 2.08. The average Bonchev–Trinajstić information content (AvgIpc) is 2.64. The van der Waals surface area contributed by atoms with Gasteiger partial charge in [-0.15, -0.1) is 5.10 Å². The maximum atomic E-state index is 11.6. The van der Waals surface area contributed by atoms with E-state index in [1.54, 1.807) is 18.2 Å². The predicted molar refractivity (Wildman–Crippen MR) is 100 cm³/mol. The molecule has 0 saturated heterocycles. The van der Waals surface area contributed by atoms with Crippen LogP contribution < -0.4 is 10.6 Å². The lowest BCUT2D eigenvalue weighted by molar-refractivity contribution is 0.0601. The minimum absolute atomic E-state index is 0.382. The number of nitrogens with zero attached hydrogens (tertiary/aromatic N) is 3. The number of hydrogen-bond acceptors (Lipinski definition) is 7. The van der Waals surface area contributed by atoms with E-state index in [1.807, 2.05) is 38.1 Å². The first-order chi connectivity index (χ1) is 12.5. The number of esters is 1. The molecule has 0 atom stereocenters. The molecule has 0 amide bonds. The molecule has 0 unspecified atom stereocenters. The maximum absolute atomic E-state index is 11.6. The summed E-state index contributed by atoms with van der Waals surface area (Å²) >= 11 is 0. The van der Waals surface area contributed by atoms with Crippen molar-refractivity contribution in [2.24, 2.45) is 0 Å². The molecule has 0 bridgehead atoms. The van der Waals surface area contributed by atoms with Crippen LogP contribution in [0.5, 0.6) is 0 Å². The van der Waals surface area contributed by atoms with Gasteiger partial charge in [0.25, 0.3) is 0 Å². The molecular weight excluding hydrogens is 330 g/mol. The Hall–Kier alpha value is -3.48. The zero-order valence-corrected chi connectivity index (χ0v) is 14.8. The highest BCUT2D eigenvalue weighted by Crippen LogP contribution is 2.21. The lowest BCUT2D eigenvalue weighted by atomic mass is 10.1. The van der Waals surface area contributed by atoms with Crippen LogP contribution in [0.2, 0.25) is 0 Å². The van der Waals surface area contributed by atoms with Gasteiger partial charge in [0.2, 0.25) is 5.95 Å². The smallest absolute Gasteiger partial charge is 0.337 e. The summed E-state index contributed by atoms with van der Waals surface area (Å²) in [6.45, 7) is 4.03. The van der Waals surface area contributed by atoms with E-state index in [2.05, 4.69) is 25.8 Å². The third-order valence-electron chi connectivity index (χ3n) is 3.75. The number of hydrogen-bond donors (Lipinski definition) is 2. The molecule has 2 aromatic carbocycles. The van der Waals surface area contributed by atoms with Crippen LogP contribution >= 0.6 is 0 Å². The second-order valence-corrected chi connectivity index (χ2v) is 5.81. The summed E-state index contributed by atoms with van der Waals surface area (Å²) < 4.78 is 4.73. The molecule has 0 saturated carbocycles. The summed E-state index contributed by atoms with van der Waals surface area (Å²) in [5.74, 6) is 0.495. The van der Waals surface area contributed by atoms with E-state index in [-0.39, 0.29) is 0 Å². The molecule has 1 heterocycles. The van der Waals surface area contributed by atoms with Gasteiger partial charge in [-0.25, -0.2) is 4.79 Å². The predicted octanol–water partition coefficient (Wildman–Crippen LogP) is 3.76. The van der Waals surface area contributed by atoms with Crippen LogP contribution in [0.25, 0.3) is 0 Å². The summed E-state index contributed by atoms with van der Waals surface area (Å²) in [5.41, 5.74) is 4.30. The van der Waals surface area contributed by atoms with Gasteiger partial charge in [0.05, 0.1) is 18.9 Å². The number of benzene rings is 2. The third kappa shape index (κ3) is 4.13. The van der Waals surface area contributed by atoms with Gasteiger partial charge in [-0.2, -0.15) is 10.1 Å². The Bertz CT molecular complexity index is 943. The molecular formula is C19H19N5O2. The van der Waals surface area contributed by atoms with Crippen LogP contribution in [0.1, 0.15) is 21.5 Å². The van der Waals surface area contributed by atoms with Crippen molar-refractivity contribution < 1.29 is 9.53 Å². The molecule has 7 nitrogen and oxygen atoms in total. The molecule has 1 aromatic heterocycles. The summed E-state index contributed by atoms with van der Waals surface area (Å²) in [4.78, 5) is 16.1. The summed E-state index contributed by atoms with van der Waals surface area (Å²) in [7, 11) is 1.35. The van der Waals surface area contributed by atoms with Crippen molar-refractivity contribution >= 4 is 29.1 Å². The molecule has 26 heavy (non-hydrogen) atoms. The lowest BCUT2D eigenvalue weighted by Crippen LogP contribution is -2.04. The summed E-state index contributed by atoms with van der Waals surface area (Å²) in [6.07, 6.45) is 1.51. The van der Waals surface area contributed by atoms with E-state index in [0.29, 0.717) is 23.0 Å². The molecule has 0 fully saturated rings. The quantitative estimate of drug-likeness (QED) is 0.678. The third-order valence-corrected chi connectivity index (χ3v) is 3.75. The Balaban J connectivity index is 1.79. The van der Waals surface area contributed by atoms with Crippen LogP contribution in [0.15, 0.2) is 48.7 Å². The Kier molecular flexibility index (Phi) is 5.07. The fraction of sp³-hybridized carbons (Fsp3) is 0.158. The number of anilines is 4. The maximum Gasteiger partial charge on any atom is 0.337 e. The molecule has 132 valence electrons. The van der Waals surface area contributed by atoms with Crippen LogP contribution in [0.4, 0.5) is 23.1 Å². The van der Waals surface area contributed by atoms with Crippen LogP contribution in [-0.2, 0) is 4.74 Å². The lowest BCUT2D eigenvalue weighted by Gasteiger charge is -2.10. The van der Waals surface area contributed by atoms with Crippen molar-refractivity contribution in [3.05, 3.63) is 65.4 Å². The molecule has 2 N–H and O–H groups in total. The average molecular weight is 349 g/mol. The molecule has 0 aliphatic rings. The van der Waals surface area contributed by atoms with Gasteiger partial charge in [-0.1, -0.05) is 18.2 Å². The number of aromatic nitrogens is 3. The minimum atomic E-state index is -0.397. The summed E-state index contributed by atoms with van der Waals surface area (Å²) in [5, 5.41) is 14.3. The SMILES string of the molecule is COC(=O)c1cccc(Nc2cnnc(Nc3cc(C)ccc3C)n2)c1. The van der Waals surface area contributed by atoms with E-state index in [4.69, 9.17) is 4.74 Å². The Morgan fingerprint density at radius 1 is 1.08 bits per heavy atom. The number of aryl methyl sites for hydroxylation is 2. The van der Waals surface area contributed by atoms with Crippen molar-refractivity contribution in [1.29, 1.82) is 0 Å². The molecule has 7 heteroatoms. The molecule has 0 aliphatic carbocycles. The van der Waals surface area contributed by atoms with Crippen molar-refractivity contribution in [2.75, 3.05) is 17.7 Å². The van der Waals surface area contributed by atoms with Gasteiger partial charge in [0.15, 0.2) is 5.82 Å². The highest BCUT2D eigenvalue weighted by atomic mass is 16.5. The Morgan fingerprint density at radius 3 is 2.73 bits per heavy atom. The van der Waals surface area contributed by atoms with Gasteiger partial charge in [-0.05, 0) is 49.2 Å². The molecule has 0 radical (unpaired) electrons. The molecule has 3 rings (SSSR count). The van der Waals surface area contributed by atoms with Gasteiger partial charge in [0.1, 0.15) is 0 Å². The minimum Gasteiger partial charge on any atom is -0.465 e. The van der Waals surface area contributed by atoms with Gasteiger partial charge < -0.3 is 15.4 Å². The van der Waals surface area contributed by atoms with Gasteiger partial charge in [-0.3, -0.25) is 0 Å². The van der Waals surface area contributed by atoms with E-state index >= 15 is 0 Å². The molecule has 0 aliphatic heterocycles.